The number of nitrogens with two attached hydrogens (primary N) is 1. The highest BCUT2D eigenvalue weighted by Gasteiger charge is 2.47. The van der Waals surface area contributed by atoms with Gasteiger partial charge in [-0.25, -0.2) is 0 Å². The van der Waals surface area contributed by atoms with Crippen LogP contribution >= 0.6 is 0 Å². The van der Waals surface area contributed by atoms with E-state index in [9.17, 15) is 4.79 Å². The normalized spacial score (nSPS) is 27.9. The molecule has 102 valence electrons. The molecule has 3 N–H and O–H groups in total. The molecule has 19 heavy (non-hydrogen) atoms. The molecule has 0 spiro atoms. The Hall–Kier alpha value is -1.35. The van der Waals surface area contributed by atoms with Gasteiger partial charge in [0, 0.05) is 12.5 Å². The van der Waals surface area contributed by atoms with Crippen molar-refractivity contribution in [2.75, 3.05) is 6.54 Å². The molecule has 0 heterocycles. The Morgan fingerprint density at radius 3 is 2.37 bits per heavy atom. The van der Waals surface area contributed by atoms with Crippen LogP contribution in [0.3, 0.4) is 0 Å². The number of rotatable bonds is 5. The quantitative estimate of drug-likeness (QED) is 0.847. The van der Waals surface area contributed by atoms with E-state index in [1.807, 2.05) is 0 Å². The van der Waals surface area contributed by atoms with Crippen LogP contribution in [0.25, 0.3) is 0 Å². The summed E-state index contributed by atoms with van der Waals surface area (Å²) in [7, 11) is 0. The van der Waals surface area contributed by atoms with Crippen molar-refractivity contribution >= 4 is 5.91 Å². The van der Waals surface area contributed by atoms with E-state index in [-0.39, 0.29) is 11.8 Å². The van der Waals surface area contributed by atoms with Gasteiger partial charge in [-0.05, 0) is 55.2 Å². The van der Waals surface area contributed by atoms with Crippen molar-refractivity contribution in [2.24, 2.45) is 23.5 Å². The number of carbonyl (C=O) groups excluding carboxylic acids is 1. The third kappa shape index (κ3) is 2.98. The predicted octanol–water partition coefficient (Wildman–Crippen LogP) is 1.85. The van der Waals surface area contributed by atoms with Crippen LogP contribution in [-0.2, 0) is 17.8 Å². The molecular weight excluding hydrogens is 236 g/mol. The van der Waals surface area contributed by atoms with E-state index in [1.165, 1.54) is 12.0 Å². The highest BCUT2D eigenvalue weighted by atomic mass is 16.1. The fraction of sp³-hybridized carbons (Fsp3) is 0.562. The fourth-order valence-electron chi connectivity index (χ4n) is 3.25. The van der Waals surface area contributed by atoms with Gasteiger partial charge in [0.25, 0.3) is 0 Å². The monoisotopic (exact) mass is 258 g/mol. The van der Waals surface area contributed by atoms with E-state index in [2.05, 4.69) is 29.6 Å². The SMILES string of the molecule is NCCc1ccc(CNC(=O)C2CC3CC3C2)cc1. The third-order valence-electron chi connectivity index (χ3n) is 4.54. The Balaban J connectivity index is 1.47. The maximum atomic E-state index is 12.0. The summed E-state index contributed by atoms with van der Waals surface area (Å²) in [6.45, 7) is 1.33. The van der Waals surface area contributed by atoms with E-state index in [0.29, 0.717) is 13.1 Å². The van der Waals surface area contributed by atoms with E-state index in [4.69, 9.17) is 5.73 Å². The van der Waals surface area contributed by atoms with Crippen LogP contribution in [-0.4, -0.2) is 12.5 Å². The molecule has 3 heteroatoms. The second-order valence-electron chi connectivity index (χ2n) is 6.00. The van der Waals surface area contributed by atoms with E-state index >= 15 is 0 Å². The average molecular weight is 258 g/mol. The van der Waals surface area contributed by atoms with Crippen LogP contribution in [0.4, 0.5) is 0 Å². The predicted molar refractivity (Wildman–Crippen MR) is 75.4 cm³/mol. The molecule has 3 rings (SSSR count). The lowest BCUT2D eigenvalue weighted by Gasteiger charge is -2.12. The van der Waals surface area contributed by atoms with Crippen LogP contribution in [0.5, 0.6) is 0 Å². The van der Waals surface area contributed by atoms with Crippen molar-refractivity contribution in [3.63, 3.8) is 0 Å². The summed E-state index contributed by atoms with van der Waals surface area (Å²) < 4.78 is 0. The standard InChI is InChI=1S/C16H22N2O/c17-6-5-11-1-3-12(4-2-11)10-18-16(19)15-8-13-7-14(13)9-15/h1-4,13-15H,5-10,17H2,(H,18,19). The zero-order valence-corrected chi connectivity index (χ0v) is 11.3. The molecule has 0 radical (unpaired) electrons. The summed E-state index contributed by atoms with van der Waals surface area (Å²) in [4.78, 5) is 12.0. The van der Waals surface area contributed by atoms with Gasteiger partial charge in [-0.2, -0.15) is 0 Å². The lowest BCUT2D eigenvalue weighted by atomic mass is 10.0. The largest absolute Gasteiger partial charge is 0.352 e. The minimum atomic E-state index is 0.248. The molecule has 3 nitrogen and oxygen atoms in total. The first-order chi connectivity index (χ1) is 9.26. The van der Waals surface area contributed by atoms with Gasteiger partial charge in [0.1, 0.15) is 0 Å². The second-order valence-corrected chi connectivity index (χ2v) is 6.00. The highest BCUT2D eigenvalue weighted by Crippen LogP contribution is 2.54. The molecule has 2 aliphatic rings. The molecule has 1 aromatic rings. The molecule has 2 fully saturated rings. The molecule has 2 saturated carbocycles. The smallest absolute Gasteiger partial charge is 0.223 e. The zero-order valence-electron chi connectivity index (χ0n) is 11.3. The number of amides is 1. The summed E-state index contributed by atoms with van der Waals surface area (Å²) in [6.07, 6.45) is 4.52. The topological polar surface area (TPSA) is 55.1 Å². The van der Waals surface area contributed by atoms with Crippen LogP contribution < -0.4 is 11.1 Å². The maximum Gasteiger partial charge on any atom is 0.223 e. The molecule has 0 aromatic heterocycles. The Morgan fingerprint density at radius 2 is 1.74 bits per heavy atom. The lowest BCUT2D eigenvalue weighted by Crippen LogP contribution is -2.29. The van der Waals surface area contributed by atoms with Crippen molar-refractivity contribution in [3.8, 4) is 0 Å². The molecule has 0 aliphatic heterocycles. The van der Waals surface area contributed by atoms with Gasteiger partial charge in [0.2, 0.25) is 5.91 Å². The van der Waals surface area contributed by atoms with Gasteiger partial charge in [-0.1, -0.05) is 24.3 Å². The summed E-state index contributed by atoms with van der Waals surface area (Å²) in [5, 5.41) is 3.07. The van der Waals surface area contributed by atoms with Gasteiger partial charge in [0.15, 0.2) is 0 Å². The summed E-state index contributed by atoms with van der Waals surface area (Å²) in [5.74, 6) is 2.26. The number of nitrogens with one attached hydrogen (secondary N) is 1. The summed E-state index contributed by atoms with van der Waals surface area (Å²) >= 11 is 0. The fourth-order valence-corrected chi connectivity index (χ4v) is 3.25. The van der Waals surface area contributed by atoms with E-state index < -0.39 is 0 Å². The van der Waals surface area contributed by atoms with Gasteiger partial charge in [-0.3, -0.25) is 4.79 Å². The van der Waals surface area contributed by atoms with Gasteiger partial charge in [0.05, 0.1) is 0 Å². The van der Waals surface area contributed by atoms with Crippen LogP contribution in [0, 0.1) is 17.8 Å². The molecule has 0 saturated heterocycles. The first kappa shape index (κ1) is 12.7. The molecule has 2 aliphatic carbocycles. The summed E-state index contributed by atoms with van der Waals surface area (Å²) in [6, 6.07) is 8.35. The van der Waals surface area contributed by atoms with Crippen LogP contribution in [0.15, 0.2) is 24.3 Å². The highest BCUT2D eigenvalue weighted by molar-refractivity contribution is 5.79. The minimum absolute atomic E-state index is 0.248. The molecule has 2 unspecified atom stereocenters. The minimum Gasteiger partial charge on any atom is -0.352 e. The molecular formula is C16H22N2O. The Labute approximate surface area is 114 Å². The molecule has 2 atom stereocenters. The number of fused-ring (bicyclic) bond motifs is 1. The van der Waals surface area contributed by atoms with Crippen molar-refractivity contribution in [2.45, 2.75) is 32.2 Å². The number of hydrogen-bond donors (Lipinski definition) is 2. The molecule has 0 bridgehead atoms. The van der Waals surface area contributed by atoms with Crippen molar-refractivity contribution < 1.29 is 4.79 Å². The zero-order chi connectivity index (χ0) is 13.2. The maximum absolute atomic E-state index is 12.0. The third-order valence-corrected chi connectivity index (χ3v) is 4.54. The lowest BCUT2D eigenvalue weighted by molar-refractivity contribution is -0.125. The van der Waals surface area contributed by atoms with Crippen LogP contribution in [0.1, 0.15) is 30.4 Å². The van der Waals surface area contributed by atoms with Crippen molar-refractivity contribution in [3.05, 3.63) is 35.4 Å². The van der Waals surface area contributed by atoms with E-state index in [0.717, 1.165) is 36.7 Å². The van der Waals surface area contributed by atoms with Crippen molar-refractivity contribution in [1.29, 1.82) is 0 Å². The van der Waals surface area contributed by atoms with E-state index in [1.54, 1.807) is 0 Å². The second kappa shape index (κ2) is 5.33. The number of carbonyl (C=O) groups is 1. The van der Waals surface area contributed by atoms with Crippen LogP contribution in [0.2, 0.25) is 0 Å². The van der Waals surface area contributed by atoms with Gasteiger partial charge in [-0.15, -0.1) is 0 Å². The average Bonchev–Trinajstić information content (AvgIpc) is 3.04. The molecule has 1 aromatic carbocycles. The molecule has 1 amide bonds. The number of benzene rings is 1. The first-order valence-electron chi connectivity index (χ1n) is 7.32. The summed E-state index contributed by atoms with van der Waals surface area (Å²) in [5.41, 5.74) is 7.95. The van der Waals surface area contributed by atoms with Gasteiger partial charge < -0.3 is 11.1 Å². The Bertz CT molecular complexity index is 444. The first-order valence-corrected chi connectivity index (χ1v) is 7.32. The Morgan fingerprint density at radius 1 is 1.11 bits per heavy atom. The Kier molecular flexibility index (Phi) is 3.56. The van der Waals surface area contributed by atoms with Gasteiger partial charge >= 0.3 is 0 Å². The number of hydrogen-bond acceptors (Lipinski definition) is 2. The van der Waals surface area contributed by atoms with Crippen molar-refractivity contribution in [1.82, 2.24) is 5.32 Å².